The lowest BCUT2D eigenvalue weighted by atomic mass is 10.1. The number of imide groups is 1. The van der Waals surface area contributed by atoms with Gasteiger partial charge in [0.15, 0.2) is 0 Å². The second-order valence-electron chi connectivity index (χ2n) is 6.74. The van der Waals surface area contributed by atoms with Crippen LogP contribution in [0.15, 0.2) is 29.1 Å². The van der Waals surface area contributed by atoms with Crippen LogP contribution in [0.3, 0.4) is 0 Å². The fraction of sp³-hybridized carbons (Fsp3) is 0.278. The molecule has 1 aliphatic heterocycles. The average molecular weight is 393 g/mol. The van der Waals surface area contributed by atoms with Gasteiger partial charge >= 0.3 is 6.18 Å². The third-order valence-corrected chi connectivity index (χ3v) is 4.61. The minimum absolute atomic E-state index is 0.0657. The molecule has 1 aromatic heterocycles. The normalized spacial score (nSPS) is 16.1. The zero-order chi connectivity index (χ0) is 20.2. The number of alkyl halides is 3. The number of nitrogens with two attached hydrogens (primary N) is 1. The Kier molecular flexibility index (Phi) is 3.95. The third-order valence-electron chi connectivity index (χ3n) is 4.61. The van der Waals surface area contributed by atoms with Crippen molar-refractivity contribution in [1.82, 2.24) is 9.88 Å². The van der Waals surface area contributed by atoms with Crippen LogP contribution in [-0.4, -0.2) is 23.0 Å². The lowest BCUT2D eigenvalue weighted by Crippen LogP contribution is -2.24. The van der Waals surface area contributed by atoms with Crippen molar-refractivity contribution in [3.8, 4) is 11.4 Å². The number of carbonyl (C=O) groups is 2. The smallest absolute Gasteiger partial charge is 0.416 e. The molecule has 0 spiro atoms. The number of halogens is 3. The second-order valence-corrected chi connectivity index (χ2v) is 6.74. The molecule has 3 N–H and O–H groups in total. The Balaban J connectivity index is 1.87. The molecule has 2 heterocycles. The number of benzene rings is 1. The Bertz CT molecular complexity index is 1070. The lowest BCUT2D eigenvalue weighted by molar-refractivity contribution is -0.137. The van der Waals surface area contributed by atoms with E-state index in [2.05, 4.69) is 0 Å². The monoisotopic (exact) mass is 393 g/mol. The summed E-state index contributed by atoms with van der Waals surface area (Å²) in [5.74, 6) is -1.78. The first-order valence-electron chi connectivity index (χ1n) is 8.42. The molecule has 7 nitrogen and oxygen atoms in total. The Labute approximate surface area is 155 Å². The first-order valence-corrected chi connectivity index (χ1v) is 8.42. The first-order chi connectivity index (χ1) is 13.1. The molecule has 0 radical (unpaired) electrons. The van der Waals surface area contributed by atoms with Gasteiger partial charge in [0.25, 0.3) is 17.4 Å². The highest BCUT2D eigenvalue weighted by molar-refractivity contribution is 6.23. The number of nitrogen functional groups attached to an aromatic ring is 1. The predicted octanol–water partition coefficient (Wildman–Crippen LogP) is 2.11. The molecule has 28 heavy (non-hydrogen) atoms. The number of amides is 2. The average Bonchev–Trinajstić information content (AvgIpc) is 3.38. The zero-order valence-electron chi connectivity index (χ0n) is 14.3. The number of aromatic nitrogens is 1. The van der Waals surface area contributed by atoms with Crippen molar-refractivity contribution in [2.45, 2.75) is 19.0 Å². The van der Waals surface area contributed by atoms with E-state index in [9.17, 15) is 27.6 Å². The summed E-state index contributed by atoms with van der Waals surface area (Å²) >= 11 is 0. The summed E-state index contributed by atoms with van der Waals surface area (Å²) in [6.07, 6.45) is -2.78. The van der Waals surface area contributed by atoms with Crippen LogP contribution < -0.4 is 21.3 Å². The molecule has 10 heteroatoms. The summed E-state index contributed by atoms with van der Waals surface area (Å²) in [6.45, 7) is 0.270. The molecule has 4 rings (SSSR count). The Morgan fingerprint density at radius 3 is 2.46 bits per heavy atom. The summed E-state index contributed by atoms with van der Waals surface area (Å²) in [5, 5.41) is 2.00. The summed E-state index contributed by atoms with van der Waals surface area (Å²) < 4.78 is 46.2. The fourth-order valence-electron chi connectivity index (χ4n) is 3.00. The van der Waals surface area contributed by atoms with E-state index in [0.29, 0.717) is 5.92 Å². The van der Waals surface area contributed by atoms with Crippen LogP contribution in [0.5, 0.6) is 5.75 Å². The van der Waals surface area contributed by atoms with Crippen molar-refractivity contribution in [3.63, 3.8) is 0 Å². The van der Waals surface area contributed by atoms with Crippen molar-refractivity contribution in [2.75, 3.05) is 12.3 Å². The van der Waals surface area contributed by atoms with E-state index in [1.807, 2.05) is 5.32 Å². The maximum Gasteiger partial charge on any atom is 0.416 e. The number of nitrogens with one attached hydrogen (secondary N) is 1. The zero-order valence-corrected chi connectivity index (χ0v) is 14.3. The van der Waals surface area contributed by atoms with Gasteiger partial charge in [-0.25, -0.2) is 0 Å². The number of pyridine rings is 1. The molecule has 0 saturated heterocycles. The molecule has 0 unspecified atom stereocenters. The third kappa shape index (κ3) is 3.10. The molecular formula is C18H14F3N3O4. The van der Waals surface area contributed by atoms with E-state index in [-0.39, 0.29) is 29.2 Å². The Morgan fingerprint density at radius 1 is 1.11 bits per heavy atom. The van der Waals surface area contributed by atoms with Crippen LogP contribution in [-0.2, 0) is 6.18 Å². The molecule has 0 bridgehead atoms. The molecule has 1 aromatic carbocycles. The van der Waals surface area contributed by atoms with E-state index in [1.165, 1.54) is 6.07 Å². The number of nitrogens with zero attached hydrogens (tertiary/aromatic N) is 1. The minimum Gasteiger partial charge on any atom is -0.493 e. The highest BCUT2D eigenvalue weighted by Crippen LogP contribution is 2.36. The number of carbonyl (C=O) groups excluding carboxylic acids is 2. The molecule has 1 aliphatic carbocycles. The fourth-order valence-corrected chi connectivity index (χ4v) is 3.00. The number of hydrogen-bond donors (Lipinski definition) is 2. The van der Waals surface area contributed by atoms with E-state index in [4.69, 9.17) is 10.5 Å². The summed E-state index contributed by atoms with van der Waals surface area (Å²) in [4.78, 5) is 36.1. The summed E-state index contributed by atoms with van der Waals surface area (Å²) in [6, 6.07) is 3.70. The lowest BCUT2D eigenvalue weighted by Gasteiger charge is -2.16. The largest absolute Gasteiger partial charge is 0.493 e. The van der Waals surface area contributed by atoms with E-state index in [0.717, 1.165) is 35.6 Å². The van der Waals surface area contributed by atoms with Crippen LogP contribution in [0.4, 0.5) is 19.0 Å². The molecular weight excluding hydrogens is 379 g/mol. The van der Waals surface area contributed by atoms with Crippen LogP contribution in [0.2, 0.25) is 0 Å². The first kappa shape index (κ1) is 18.1. The standard InChI is InChI=1S/C18H14F3N3O4/c19-18(20,21)9-3-10(5-11(4-9)28-7-8-1-2-8)24-13(25)6-12-14(15(24)22)17(27)23-16(12)26/h3-6,8H,1-2,7,22H2,(H,23,26,27). The second kappa shape index (κ2) is 6.11. The van der Waals surface area contributed by atoms with Gasteiger partial charge in [0.2, 0.25) is 0 Å². The van der Waals surface area contributed by atoms with Gasteiger partial charge in [-0.3, -0.25) is 24.3 Å². The van der Waals surface area contributed by atoms with Gasteiger partial charge in [0, 0.05) is 12.1 Å². The van der Waals surface area contributed by atoms with E-state index in [1.54, 1.807) is 0 Å². The minimum atomic E-state index is -4.68. The van der Waals surface area contributed by atoms with Crippen LogP contribution in [0, 0.1) is 5.92 Å². The maximum absolute atomic E-state index is 13.3. The Morgan fingerprint density at radius 2 is 1.82 bits per heavy atom. The highest BCUT2D eigenvalue weighted by atomic mass is 19.4. The van der Waals surface area contributed by atoms with Crippen molar-refractivity contribution in [2.24, 2.45) is 5.92 Å². The number of hydrogen-bond acceptors (Lipinski definition) is 5. The number of ether oxygens (including phenoxy) is 1. The molecule has 0 atom stereocenters. The summed E-state index contributed by atoms with van der Waals surface area (Å²) in [5.41, 5.74) is 3.36. The topological polar surface area (TPSA) is 103 Å². The molecule has 146 valence electrons. The number of fused-ring (bicyclic) bond motifs is 1. The van der Waals surface area contributed by atoms with Gasteiger partial charge in [-0.2, -0.15) is 13.2 Å². The molecule has 1 saturated carbocycles. The van der Waals surface area contributed by atoms with Crippen LogP contribution >= 0.6 is 0 Å². The van der Waals surface area contributed by atoms with E-state index < -0.39 is 34.9 Å². The van der Waals surface area contributed by atoms with Gasteiger partial charge in [-0.1, -0.05) is 0 Å². The van der Waals surface area contributed by atoms with Gasteiger partial charge in [0.05, 0.1) is 29.0 Å². The van der Waals surface area contributed by atoms with Crippen LogP contribution in [0.25, 0.3) is 5.69 Å². The molecule has 2 aromatic rings. The molecule has 2 aliphatic rings. The van der Waals surface area contributed by atoms with Gasteiger partial charge in [-0.05, 0) is 30.9 Å². The summed E-state index contributed by atoms with van der Waals surface area (Å²) in [7, 11) is 0. The van der Waals surface area contributed by atoms with Crippen molar-refractivity contribution in [1.29, 1.82) is 0 Å². The predicted molar refractivity (Wildman–Crippen MR) is 91.5 cm³/mol. The van der Waals surface area contributed by atoms with Crippen molar-refractivity contribution >= 4 is 17.6 Å². The van der Waals surface area contributed by atoms with Crippen LogP contribution in [0.1, 0.15) is 39.1 Å². The van der Waals surface area contributed by atoms with Crippen molar-refractivity contribution < 1.29 is 27.5 Å². The maximum atomic E-state index is 13.3. The molecule has 2 amide bonds. The van der Waals surface area contributed by atoms with Gasteiger partial charge in [0.1, 0.15) is 11.6 Å². The highest BCUT2D eigenvalue weighted by Gasteiger charge is 2.34. The van der Waals surface area contributed by atoms with Gasteiger partial charge in [-0.15, -0.1) is 0 Å². The number of anilines is 1. The Hall–Kier alpha value is -3.30. The van der Waals surface area contributed by atoms with E-state index >= 15 is 0 Å². The quantitative estimate of drug-likeness (QED) is 0.775. The number of rotatable bonds is 4. The van der Waals surface area contributed by atoms with Crippen molar-refractivity contribution in [3.05, 3.63) is 51.3 Å². The van der Waals surface area contributed by atoms with Gasteiger partial charge < -0.3 is 10.5 Å². The SMILES string of the molecule is Nc1c2c(cc(=O)n1-c1cc(OCC3CC3)cc(C(F)(F)F)c1)C(=O)NC2=O. The molecule has 1 fully saturated rings.